The van der Waals surface area contributed by atoms with Gasteiger partial charge in [0.1, 0.15) is 0 Å². The summed E-state index contributed by atoms with van der Waals surface area (Å²) in [5.41, 5.74) is 0. The van der Waals surface area contributed by atoms with Crippen LogP contribution in [0.1, 0.15) is 71.1 Å². The minimum absolute atomic E-state index is 1.05. The molecule has 0 amide bonds. The van der Waals surface area contributed by atoms with Crippen molar-refractivity contribution in [3.05, 3.63) is 0 Å². The van der Waals surface area contributed by atoms with Crippen LogP contribution in [0.3, 0.4) is 0 Å². The Hall–Kier alpha value is 0.310. The van der Waals surface area contributed by atoms with E-state index in [-0.39, 0.29) is 0 Å². The van der Waals surface area contributed by atoms with Gasteiger partial charge in [-0.3, -0.25) is 0 Å². The highest BCUT2D eigenvalue weighted by Crippen LogP contribution is 2.29. The van der Waals surface area contributed by atoms with Crippen molar-refractivity contribution < 1.29 is 0 Å². The summed E-state index contributed by atoms with van der Waals surface area (Å²) in [5, 5.41) is 0. The Bertz CT molecular complexity index is 180. The van der Waals surface area contributed by atoms with Gasteiger partial charge in [0.05, 0.1) is 0 Å². The van der Waals surface area contributed by atoms with E-state index in [9.17, 15) is 0 Å². The van der Waals surface area contributed by atoms with Crippen molar-refractivity contribution in [2.45, 2.75) is 71.1 Å². The second-order valence-electron chi connectivity index (χ2n) is 5.94. The van der Waals surface area contributed by atoms with Gasteiger partial charge >= 0.3 is 0 Å². The summed E-state index contributed by atoms with van der Waals surface area (Å²) in [7, 11) is 0. The third-order valence-corrected chi connectivity index (χ3v) is 4.20. The van der Waals surface area contributed by atoms with Crippen LogP contribution in [0.4, 0.5) is 0 Å². The van der Waals surface area contributed by atoms with Crippen LogP contribution in [0.25, 0.3) is 0 Å². The SMILES string of the molecule is CCCN(CCCCCCCCCS)CC1CC1. The Morgan fingerprint density at radius 2 is 1.50 bits per heavy atom. The number of unbranched alkanes of at least 4 members (excludes halogenated alkanes) is 6. The largest absolute Gasteiger partial charge is 0.303 e. The second-order valence-corrected chi connectivity index (χ2v) is 6.39. The molecule has 0 bridgehead atoms. The van der Waals surface area contributed by atoms with Crippen molar-refractivity contribution in [3.8, 4) is 0 Å². The molecule has 0 aliphatic heterocycles. The molecule has 1 aliphatic rings. The summed E-state index contributed by atoms with van der Waals surface area (Å²) in [4.78, 5) is 2.71. The maximum atomic E-state index is 4.25. The molecule has 0 aromatic carbocycles. The third-order valence-electron chi connectivity index (χ3n) is 3.89. The molecule has 0 atom stereocenters. The van der Waals surface area contributed by atoms with Gasteiger partial charge in [0.2, 0.25) is 0 Å². The molecule has 1 aliphatic carbocycles. The predicted octanol–water partition coefficient (Wildman–Crippen LogP) is 4.77. The Morgan fingerprint density at radius 3 is 2.06 bits per heavy atom. The van der Waals surface area contributed by atoms with Gasteiger partial charge in [-0.2, -0.15) is 12.6 Å². The Kier molecular flexibility index (Phi) is 10.1. The Labute approximate surface area is 120 Å². The first-order valence-electron chi connectivity index (χ1n) is 8.20. The van der Waals surface area contributed by atoms with Crippen molar-refractivity contribution in [1.82, 2.24) is 4.90 Å². The van der Waals surface area contributed by atoms with E-state index < -0.39 is 0 Å². The molecule has 0 radical (unpaired) electrons. The molecular formula is C16H33NS. The molecule has 108 valence electrons. The minimum Gasteiger partial charge on any atom is -0.303 e. The molecule has 1 fully saturated rings. The van der Waals surface area contributed by atoms with E-state index in [0.29, 0.717) is 0 Å². The van der Waals surface area contributed by atoms with Crippen molar-refractivity contribution in [2.75, 3.05) is 25.4 Å². The van der Waals surface area contributed by atoms with Crippen LogP contribution in [0.15, 0.2) is 0 Å². The van der Waals surface area contributed by atoms with E-state index in [0.717, 1.165) is 11.7 Å². The average molecular weight is 272 g/mol. The first-order chi connectivity index (χ1) is 8.86. The van der Waals surface area contributed by atoms with E-state index in [4.69, 9.17) is 0 Å². The molecule has 0 aromatic rings. The zero-order chi connectivity index (χ0) is 13.1. The topological polar surface area (TPSA) is 3.24 Å². The van der Waals surface area contributed by atoms with E-state index in [1.54, 1.807) is 0 Å². The van der Waals surface area contributed by atoms with Gasteiger partial charge < -0.3 is 4.90 Å². The molecule has 1 nitrogen and oxygen atoms in total. The quantitative estimate of drug-likeness (QED) is 0.373. The fourth-order valence-corrected chi connectivity index (χ4v) is 2.83. The molecule has 1 saturated carbocycles. The Morgan fingerprint density at radius 1 is 0.889 bits per heavy atom. The van der Waals surface area contributed by atoms with Crippen molar-refractivity contribution in [1.29, 1.82) is 0 Å². The lowest BCUT2D eigenvalue weighted by molar-refractivity contribution is 0.257. The highest BCUT2D eigenvalue weighted by molar-refractivity contribution is 7.80. The van der Waals surface area contributed by atoms with Crippen LogP contribution in [0.5, 0.6) is 0 Å². The fraction of sp³-hybridized carbons (Fsp3) is 1.00. The summed E-state index contributed by atoms with van der Waals surface area (Å²) >= 11 is 4.25. The van der Waals surface area contributed by atoms with Gasteiger partial charge in [-0.25, -0.2) is 0 Å². The van der Waals surface area contributed by atoms with Crippen molar-refractivity contribution in [2.24, 2.45) is 5.92 Å². The molecule has 1 rings (SSSR count). The van der Waals surface area contributed by atoms with E-state index >= 15 is 0 Å². The molecular weight excluding hydrogens is 238 g/mol. The molecule has 0 saturated heterocycles. The molecule has 0 unspecified atom stereocenters. The van der Waals surface area contributed by atoms with Gasteiger partial charge in [0.15, 0.2) is 0 Å². The van der Waals surface area contributed by atoms with Gasteiger partial charge in [-0.15, -0.1) is 0 Å². The first-order valence-corrected chi connectivity index (χ1v) is 8.83. The smallest absolute Gasteiger partial charge is 0.000966 e. The van der Waals surface area contributed by atoms with Gasteiger partial charge in [0.25, 0.3) is 0 Å². The summed E-state index contributed by atoms with van der Waals surface area (Å²) in [6.07, 6.45) is 14.1. The van der Waals surface area contributed by atoms with E-state index in [2.05, 4.69) is 24.5 Å². The highest BCUT2D eigenvalue weighted by atomic mass is 32.1. The van der Waals surface area contributed by atoms with E-state index in [1.807, 2.05) is 0 Å². The highest BCUT2D eigenvalue weighted by Gasteiger charge is 2.23. The van der Waals surface area contributed by atoms with Crippen molar-refractivity contribution in [3.63, 3.8) is 0 Å². The van der Waals surface area contributed by atoms with Crippen LogP contribution >= 0.6 is 12.6 Å². The van der Waals surface area contributed by atoms with E-state index in [1.165, 1.54) is 83.8 Å². The number of thiol groups is 1. The summed E-state index contributed by atoms with van der Waals surface area (Å²) in [5.74, 6) is 2.12. The van der Waals surface area contributed by atoms with Gasteiger partial charge in [0, 0.05) is 6.54 Å². The summed E-state index contributed by atoms with van der Waals surface area (Å²) in [6.45, 7) is 6.36. The lowest BCUT2D eigenvalue weighted by Gasteiger charge is -2.21. The maximum Gasteiger partial charge on any atom is 0.000966 e. The lowest BCUT2D eigenvalue weighted by Crippen LogP contribution is -2.28. The normalized spacial score (nSPS) is 15.5. The van der Waals surface area contributed by atoms with Gasteiger partial charge in [-0.05, 0) is 56.9 Å². The van der Waals surface area contributed by atoms with Crippen LogP contribution < -0.4 is 0 Å². The molecule has 0 N–H and O–H groups in total. The third kappa shape index (κ3) is 9.27. The molecule has 0 heterocycles. The standard InChI is InChI=1S/C16H33NS/c1-2-12-17(15-16-10-11-16)13-8-6-4-3-5-7-9-14-18/h16,18H,2-15H2,1H3. The van der Waals surface area contributed by atoms with Crippen LogP contribution in [-0.4, -0.2) is 30.3 Å². The number of hydrogen-bond donors (Lipinski definition) is 1. The predicted molar refractivity (Wildman–Crippen MR) is 85.6 cm³/mol. The minimum atomic E-state index is 1.05. The lowest BCUT2D eigenvalue weighted by atomic mass is 10.1. The number of nitrogens with zero attached hydrogens (tertiary/aromatic N) is 1. The fourth-order valence-electron chi connectivity index (χ4n) is 2.61. The zero-order valence-electron chi connectivity index (χ0n) is 12.4. The maximum absolute atomic E-state index is 4.25. The molecule has 18 heavy (non-hydrogen) atoms. The van der Waals surface area contributed by atoms with Crippen LogP contribution in [-0.2, 0) is 0 Å². The number of hydrogen-bond acceptors (Lipinski definition) is 2. The van der Waals surface area contributed by atoms with Gasteiger partial charge in [-0.1, -0.05) is 39.0 Å². The first kappa shape index (κ1) is 16.4. The summed E-state index contributed by atoms with van der Waals surface area (Å²) in [6, 6.07) is 0. The summed E-state index contributed by atoms with van der Waals surface area (Å²) < 4.78 is 0. The molecule has 0 aromatic heterocycles. The molecule has 2 heteroatoms. The van der Waals surface area contributed by atoms with Crippen molar-refractivity contribution >= 4 is 12.6 Å². The molecule has 0 spiro atoms. The average Bonchev–Trinajstić information content (AvgIpc) is 3.16. The van der Waals surface area contributed by atoms with Crippen LogP contribution in [0.2, 0.25) is 0 Å². The monoisotopic (exact) mass is 271 g/mol. The second kappa shape index (κ2) is 11.2. The Balaban J connectivity index is 1.87. The van der Waals surface area contributed by atoms with Crippen LogP contribution in [0, 0.1) is 5.92 Å². The zero-order valence-corrected chi connectivity index (χ0v) is 13.3. The number of rotatable bonds is 13.